The summed E-state index contributed by atoms with van der Waals surface area (Å²) in [7, 11) is 1.94. The lowest BCUT2D eigenvalue weighted by Gasteiger charge is -2.09. The normalized spacial score (nSPS) is 10.7. The second-order valence-electron chi connectivity index (χ2n) is 5.90. The van der Waals surface area contributed by atoms with Crippen molar-refractivity contribution in [3.8, 4) is 17.2 Å². The van der Waals surface area contributed by atoms with Crippen molar-refractivity contribution in [3.63, 3.8) is 0 Å². The molecule has 0 amide bonds. The van der Waals surface area contributed by atoms with Crippen LogP contribution in [0.1, 0.15) is 5.56 Å². The van der Waals surface area contributed by atoms with Gasteiger partial charge in [0.1, 0.15) is 11.9 Å². The maximum atomic E-state index is 9.02. The lowest BCUT2D eigenvalue weighted by atomic mass is 10.1. The van der Waals surface area contributed by atoms with Crippen molar-refractivity contribution in [3.05, 3.63) is 71.0 Å². The summed E-state index contributed by atoms with van der Waals surface area (Å²) in [4.78, 5) is 4.39. The Hall–Kier alpha value is -3.17. The van der Waals surface area contributed by atoms with Crippen molar-refractivity contribution < 1.29 is 0 Å². The summed E-state index contributed by atoms with van der Waals surface area (Å²) in [6, 6.07) is 17.9. The topological polar surface area (TPSA) is 66.5 Å². The molecule has 5 nitrogen and oxygen atoms in total. The first-order valence-corrected chi connectivity index (χ1v) is 8.78. The standard InChI is InChI=1S/C20H14BrN5/c1-26-19-5-3-13(8-16(19)12-24-26)14-6-7-23-20(9-14)25-17-4-2-15(11-22)18(21)10-17/h2-10,12H,1H3,(H,23,25). The minimum Gasteiger partial charge on any atom is -0.340 e. The lowest BCUT2D eigenvalue weighted by Crippen LogP contribution is -1.94. The van der Waals surface area contributed by atoms with E-state index in [4.69, 9.17) is 5.26 Å². The Bertz CT molecular complexity index is 1160. The molecule has 26 heavy (non-hydrogen) atoms. The number of nitriles is 1. The molecule has 126 valence electrons. The van der Waals surface area contributed by atoms with Crippen LogP contribution in [-0.2, 0) is 7.05 Å². The predicted octanol–water partition coefficient (Wildman–Crippen LogP) is 5.01. The largest absolute Gasteiger partial charge is 0.340 e. The number of anilines is 2. The molecule has 0 aliphatic heterocycles. The van der Waals surface area contributed by atoms with Crippen LogP contribution in [0.15, 0.2) is 65.4 Å². The molecule has 0 spiro atoms. The maximum absolute atomic E-state index is 9.02. The van der Waals surface area contributed by atoms with E-state index in [1.807, 2.05) is 42.2 Å². The van der Waals surface area contributed by atoms with Crippen LogP contribution in [0.5, 0.6) is 0 Å². The number of aromatic nitrogens is 3. The molecule has 0 bridgehead atoms. The van der Waals surface area contributed by atoms with Crippen molar-refractivity contribution in [2.45, 2.75) is 0 Å². The number of nitrogens with zero attached hydrogens (tertiary/aromatic N) is 4. The molecule has 0 aliphatic rings. The molecule has 4 aromatic rings. The van der Waals surface area contributed by atoms with Gasteiger partial charge in [0.2, 0.25) is 0 Å². The van der Waals surface area contributed by atoms with E-state index in [2.05, 4.69) is 55.6 Å². The molecular formula is C20H14BrN5. The number of hydrogen-bond acceptors (Lipinski definition) is 4. The molecule has 0 saturated carbocycles. The van der Waals surface area contributed by atoms with Crippen molar-refractivity contribution in [1.29, 1.82) is 5.26 Å². The van der Waals surface area contributed by atoms with E-state index in [-0.39, 0.29) is 0 Å². The number of hydrogen-bond donors (Lipinski definition) is 1. The van der Waals surface area contributed by atoms with Crippen LogP contribution in [0, 0.1) is 11.3 Å². The zero-order chi connectivity index (χ0) is 18.1. The number of pyridine rings is 1. The Morgan fingerprint density at radius 1 is 1.08 bits per heavy atom. The zero-order valence-corrected chi connectivity index (χ0v) is 15.5. The van der Waals surface area contributed by atoms with E-state index in [1.165, 1.54) is 0 Å². The maximum Gasteiger partial charge on any atom is 0.130 e. The molecule has 0 saturated heterocycles. The molecule has 1 N–H and O–H groups in total. The highest BCUT2D eigenvalue weighted by molar-refractivity contribution is 9.10. The van der Waals surface area contributed by atoms with Crippen molar-refractivity contribution in [2.24, 2.45) is 7.05 Å². The van der Waals surface area contributed by atoms with Gasteiger partial charge in [-0.1, -0.05) is 6.07 Å². The van der Waals surface area contributed by atoms with Gasteiger partial charge in [0.15, 0.2) is 0 Å². The Morgan fingerprint density at radius 2 is 1.92 bits per heavy atom. The molecule has 0 unspecified atom stereocenters. The number of rotatable bonds is 3. The minimum absolute atomic E-state index is 0.599. The van der Waals surface area contributed by atoms with Crippen LogP contribution in [-0.4, -0.2) is 14.8 Å². The summed E-state index contributed by atoms with van der Waals surface area (Å²) in [6.45, 7) is 0. The van der Waals surface area contributed by atoms with Gasteiger partial charge in [-0.25, -0.2) is 4.98 Å². The van der Waals surface area contributed by atoms with Gasteiger partial charge >= 0.3 is 0 Å². The molecule has 0 aliphatic carbocycles. The molecular weight excluding hydrogens is 390 g/mol. The van der Waals surface area contributed by atoms with Crippen LogP contribution in [0.2, 0.25) is 0 Å². The Labute approximate surface area is 159 Å². The first kappa shape index (κ1) is 16.3. The Kier molecular flexibility index (Phi) is 4.15. The monoisotopic (exact) mass is 403 g/mol. The quantitative estimate of drug-likeness (QED) is 0.521. The number of nitrogens with one attached hydrogen (secondary N) is 1. The molecule has 2 aromatic heterocycles. The van der Waals surface area contributed by atoms with Gasteiger partial charge in [-0.15, -0.1) is 0 Å². The number of aryl methyl sites for hydroxylation is 1. The number of benzene rings is 2. The molecule has 4 rings (SSSR count). The SMILES string of the molecule is Cn1ncc2cc(-c3ccnc(Nc4ccc(C#N)c(Br)c4)c3)ccc21. The van der Waals surface area contributed by atoms with Crippen LogP contribution in [0.3, 0.4) is 0 Å². The van der Waals surface area contributed by atoms with Gasteiger partial charge in [0, 0.05) is 28.8 Å². The highest BCUT2D eigenvalue weighted by atomic mass is 79.9. The number of fused-ring (bicyclic) bond motifs is 1. The smallest absolute Gasteiger partial charge is 0.130 e. The van der Waals surface area contributed by atoms with E-state index >= 15 is 0 Å². The summed E-state index contributed by atoms with van der Waals surface area (Å²) >= 11 is 3.41. The molecule has 0 radical (unpaired) electrons. The Morgan fingerprint density at radius 3 is 2.73 bits per heavy atom. The van der Waals surface area contributed by atoms with Gasteiger partial charge in [-0.2, -0.15) is 10.4 Å². The third kappa shape index (κ3) is 3.05. The first-order chi connectivity index (χ1) is 12.6. The van der Waals surface area contributed by atoms with E-state index in [9.17, 15) is 0 Å². The fourth-order valence-corrected chi connectivity index (χ4v) is 3.32. The minimum atomic E-state index is 0.599. The highest BCUT2D eigenvalue weighted by Crippen LogP contribution is 2.27. The summed E-state index contributed by atoms with van der Waals surface area (Å²) in [5.41, 5.74) is 4.74. The highest BCUT2D eigenvalue weighted by Gasteiger charge is 2.06. The third-order valence-corrected chi connectivity index (χ3v) is 4.86. The second-order valence-corrected chi connectivity index (χ2v) is 6.76. The summed E-state index contributed by atoms with van der Waals surface area (Å²) in [6.07, 6.45) is 3.65. The Balaban J connectivity index is 1.65. The molecule has 0 fully saturated rings. The predicted molar refractivity (Wildman–Crippen MR) is 106 cm³/mol. The average Bonchev–Trinajstić information content (AvgIpc) is 3.03. The third-order valence-electron chi connectivity index (χ3n) is 4.20. The average molecular weight is 404 g/mol. The summed E-state index contributed by atoms with van der Waals surface area (Å²) in [5.74, 6) is 0.741. The van der Waals surface area contributed by atoms with Gasteiger partial charge in [0.25, 0.3) is 0 Å². The van der Waals surface area contributed by atoms with Crippen molar-refractivity contribution in [2.75, 3.05) is 5.32 Å². The molecule has 2 aromatic carbocycles. The van der Waals surface area contributed by atoms with Gasteiger partial charge < -0.3 is 5.32 Å². The fourth-order valence-electron chi connectivity index (χ4n) is 2.85. The molecule has 0 atom stereocenters. The summed E-state index contributed by atoms with van der Waals surface area (Å²) < 4.78 is 2.62. The van der Waals surface area contributed by atoms with Crippen LogP contribution < -0.4 is 5.32 Å². The van der Waals surface area contributed by atoms with Gasteiger partial charge in [-0.3, -0.25) is 4.68 Å². The van der Waals surface area contributed by atoms with E-state index < -0.39 is 0 Å². The van der Waals surface area contributed by atoms with Gasteiger partial charge in [-0.05, 0) is 69.5 Å². The zero-order valence-electron chi connectivity index (χ0n) is 13.9. The van der Waals surface area contributed by atoms with Crippen LogP contribution in [0.4, 0.5) is 11.5 Å². The lowest BCUT2D eigenvalue weighted by molar-refractivity contribution is 0.797. The molecule has 6 heteroatoms. The van der Waals surface area contributed by atoms with Crippen LogP contribution >= 0.6 is 15.9 Å². The van der Waals surface area contributed by atoms with Crippen LogP contribution in [0.25, 0.3) is 22.0 Å². The van der Waals surface area contributed by atoms with Crippen molar-refractivity contribution in [1.82, 2.24) is 14.8 Å². The second kappa shape index (κ2) is 6.62. The van der Waals surface area contributed by atoms with Crippen molar-refractivity contribution >= 4 is 38.3 Å². The summed E-state index contributed by atoms with van der Waals surface area (Å²) in [5, 5.41) is 17.7. The first-order valence-electron chi connectivity index (χ1n) is 7.99. The van der Waals surface area contributed by atoms with E-state index in [1.54, 1.807) is 12.3 Å². The van der Waals surface area contributed by atoms with E-state index in [0.29, 0.717) is 5.56 Å². The van der Waals surface area contributed by atoms with E-state index in [0.717, 1.165) is 38.0 Å². The van der Waals surface area contributed by atoms with Gasteiger partial charge in [0.05, 0.1) is 17.3 Å². The number of halogens is 1. The fraction of sp³-hybridized carbons (Fsp3) is 0.0500. The molecule has 2 heterocycles.